The maximum absolute atomic E-state index is 13.0. The summed E-state index contributed by atoms with van der Waals surface area (Å²) in [5.74, 6) is 0.326. The Bertz CT molecular complexity index is 528. The van der Waals surface area contributed by atoms with Crippen molar-refractivity contribution >= 4 is 15.9 Å². The van der Waals surface area contributed by atoms with E-state index in [-0.39, 0.29) is 5.82 Å². The van der Waals surface area contributed by atoms with Crippen LogP contribution in [0.25, 0.3) is 11.4 Å². The summed E-state index contributed by atoms with van der Waals surface area (Å²) in [5.41, 5.74) is 6.22. The smallest absolute Gasteiger partial charge is 0.183 e. The number of unbranched alkanes of at least 4 members (excludes halogenated alkanes) is 1. The van der Waals surface area contributed by atoms with E-state index in [0.717, 1.165) is 18.4 Å². The third-order valence-corrected chi connectivity index (χ3v) is 3.18. The Morgan fingerprint density at radius 2 is 2.17 bits per heavy atom. The summed E-state index contributed by atoms with van der Waals surface area (Å²) in [7, 11) is 0. The van der Waals surface area contributed by atoms with E-state index >= 15 is 0 Å². The molecule has 0 saturated carbocycles. The van der Waals surface area contributed by atoms with Gasteiger partial charge in [-0.25, -0.2) is 9.07 Å². The zero-order valence-electron chi connectivity index (χ0n) is 9.68. The van der Waals surface area contributed by atoms with Gasteiger partial charge < -0.3 is 5.73 Å². The third-order valence-electron chi connectivity index (χ3n) is 2.53. The van der Waals surface area contributed by atoms with Crippen LogP contribution < -0.4 is 5.73 Å². The van der Waals surface area contributed by atoms with E-state index in [1.165, 1.54) is 12.1 Å². The Morgan fingerprint density at radius 3 is 2.89 bits per heavy atom. The second kappa shape index (κ2) is 6.01. The van der Waals surface area contributed by atoms with Crippen LogP contribution in [0.2, 0.25) is 0 Å². The predicted octanol–water partition coefficient (Wildman–Crippen LogP) is 1.98. The molecule has 0 aliphatic rings. The summed E-state index contributed by atoms with van der Waals surface area (Å²) >= 11 is 3.32. The summed E-state index contributed by atoms with van der Waals surface area (Å²) in [6.07, 6.45) is 1.83. The van der Waals surface area contributed by atoms with Crippen LogP contribution in [0.4, 0.5) is 4.39 Å². The van der Waals surface area contributed by atoms with E-state index in [1.54, 1.807) is 10.7 Å². The number of benzene rings is 1. The molecular formula is C11H13BrFN5. The summed E-state index contributed by atoms with van der Waals surface area (Å²) < 4.78 is 15.4. The van der Waals surface area contributed by atoms with Gasteiger partial charge in [-0.2, -0.15) is 0 Å². The van der Waals surface area contributed by atoms with E-state index in [2.05, 4.69) is 31.5 Å². The number of nitrogens with two attached hydrogens (primary N) is 1. The molecule has 7 heteroatoms. The molecule has 18 heavy (non-hydrogen) atoms. The molecular weight excluding hydrogens is 301 g/mol. The van der Waals surface area contributed by atoms with E-state index in [9.17, 15) is 4.39 Å². The number of rotatable bonds is 5. The molecule has 0 atom stereocenters. The fraction of sp³-hybridized carbons (Fsp3) is 0.364. The van der Waals surface area contributed by atoms with Gasteiger partial charge in [0.25, 0.3) is 0 Å². The number of nitrogens with zero attached hydrogens (tertiary/aromatic N) is 4. The molecule has 0 radical (unpaired) electrons. The van der Waals surface area contributed by atoms with Crippen LogP contribution >= 0.6 is 15.9 Å². The van der Waals surface area contributed by atoms with Crippen molar-refractivity contribution in [3.8, 4) is 11.4 Å². The number of aryl methyl sites for hydroxylation is 1. The average Bonchev–Trinajstić information content (AvgIpc) is 2.78. The maximum Gasteiger partial charge on any atom is 0.183 e. The molecule has 2 rings (SSSR count). The van der Waals surface area contributed by atoms with Gasteiger partial charge in [0.2, 0.25) is 0 Å². The Hall–Kier alpha value is -1.34. The van der Waals surface area contributed by atoms with Gasteiger partial charge in [0, 0.05) is 16.6 Å². The second-order valence-corrected chi connectivity index (χ2v) is 4.70. The molecule has 1 heterocycles. The number of hydrogen-bond donors (Lipinski definition) is 1. The van der Waals surface area contributed by atoms with Gasteiger partial charge in [-0.05, 0) is 63.9 Å². The van der Waals surface area contributed by atoms with Crippen molar-refractivity contribution in [1.29, 1.82) is 0 Å². The molecule has 0 fully saturated rings. The van der Waals surface area contributed by atoms with E-state index in [4.69, 9.17) is 5.73 Å². The van der Waals surface area contributed by atoms with Gasteiger partial charge in [0.05, 0.1) is 0 Å². The average molecular weight is 314 g/mol. The van der Waals surface area contributed by atoms with Crippen LogP contribution in [0.1, 0.15) is 12.8 Å². The van der Waals surface area contributed by atoms with E-state index in [1.807, 2.05) is 0 Å². The lowest BCUT2D eigenvalue weighted by atomic mass is 10.2. The van der Waals surface area contributed by atoms with Crippen LogP contribution in [0.3, 0.4) is 0 Å². The first-order chi connectivity index (χ1) is 8.72. The van der Waals surface area contributed by atoms with Crippen molar-refractivity contribution < 1.29 is 4.39 Å². The van der Waals surface area contributed by atoms with Crippen molar-refractivity contribution in [3.63, 3.8) is 0 Å². The normalized spacial score (nSPS) is 10.8. The van der Waals surface area contributed by atoms with Crippen molar-refractivity contribution in [2.24, 2.45) is 5.73 Å². The molecule has 0 aliphatic heterocycles. The molecule has 0 amide bonds. The van der Waals surface area contributed by atoms with Crippen LogP contribution in [0, 0.1) is 5.82 Å². The minimum atomic E-state index is -0.298. The highest BCUT2D eigenvalue weighted by atomic mass is 79.9. The summed E-state index contributed by atoms with van der Waals surface area (Å²) in [6.45, 7) is 1.35. The SMILES string of the molecule is NCCCCn1nnnc1-c1ccc(F)cc1Br. The van der Waals surface area contributed by atoms with Crippen molar-refractivity contribution in [2.75, 3.05) is 6.54 Å². The molecule has 0 unspecified atom stereocenters. The van der Waals surface area contributed by atoms with E-state index < -0.39 is 0 Å². The minimum Gasteiger partial charge on any atom is -0.330 e. The first-order valence-electron chi connectivity index (χ1n) is 5.64. The standard InChI is InChI=1S/C11H13BrFN5/c12-10-7-8(13)3-4-9(10)11-15-16-17-18(11)6-2-1-5-14/h3-4,7H,1-2,5-6,14H2. The Labute approximate surface area is 112 Å². The molecule has 0 aliphatic carbocycles. The molecule has 96 valence electrons. The third kappa shape index (κ3) is 2.91. The molecule has 0 spiro atoms. The summed E-state index contributed by atoms with van der Waals surface area (Å²) in [5, 5.41) is 11.6. The number of tetrazole rings is 1. The van der Waals surface area contributed by atoms with Gasteiger partial charge in [0.1, 0.15) is 5.82 Å². The largest absolute Gasteiger partial charge is 0.330 e. The monoisotopic (exact) mass is 313 g/mol. The molecule has 2 N–H and O–H groups in total. The van der Waals surface area contributed by atoms with Gasteiger partial charge in [-0.15, -0.1) is 5.10 Å². The predicted molar refractivity (Wildman–Crippen MR) is 69.2 cm³/mol. The molecule has 1 aromatic heterocycles. The lowest BCUT2D eigenvalue weighted by molar-refractivity contribution is 0.548. The topological polar surface area (TPSA) is 69.6 Å². The van der Waals surface area contributed by atoms with Gasteiger partial charge in [0.15, 0.2) is 5.82 Å². The number of halogens is 2. The van der Waals surface area contributed by atoms with Crippen LogP contribution in [-0.4, -0.2) is 26.8 Å². The molecule has 0 bridgehead atoms. The van der Waals surface area contributed by atoms with Gasteiger partial charge in [-0.3, -0.25) is 0 Å². The van der Waals surface area contributed by atoms with Gasteiger partial charge >= 0.3 is 0 Å². The quantitative estimate of drug-likeness (QED) is 0.857. The molecule has 2 aromatic rings. The van der Waals surface area contributed by atoms with E-state index in [0.29, 0.717) is 23.4 Å². The van der Waals surface area contributed by atoms with Crippen LogP contribution in [-0.2, 0) is 6.54 Å². The Morgan fingerprint density at radius 1 is 1.33 bits per heavy atom. The highest BCUT2D eigenvalue weighted by Crippen LogP contribution is 2.26. The fourth-order valence-corrected chi connectivity index (χ4v) is 2.15. The zero-order chi connectivity index (χ0) is 13.0. The fourth-order valence-electron chi connectivity index (χ4n) is 1.62. The summed E-state index contributed by atoms with van der Waals surface area (Å²) in [4.78, 5) is 0. The van der Waals surface area contributed by atoms with Crippen molar-refractivity contribution in [2.45, 2.75) is 19.4 Å². The Kier molecular flexibility index (Phi) is 4.38. The van der Waals surface area contributed by atoms with Gasteiger partial charge in [-0.1, -0.05) is 0 Å². The maximum atomic E-state index is 13.0. The zero-order valence-corrected chi connectivity index (χ0v) is 11.3. The first kappa shape index (κ1) is 13.1. The number of hydrogen-bond acceptors (Lipinski definition) is 4. The van der Waals surface area contributed by atoms with Crippen molar-refractivity contribution in [3.05, 3.63) is 28.5 Å². The first-order valence-corrected chi connectivity index (χ1v) is 6.43. The lowest BCUT2D eigenvalue weighted by Gasteiger charge is -2.06. The lowest BCUT2D eigenvalue weighted by Crippen LogP contribution is -2.06. The number of aromatic nitrogens is 4. The minimum absolute atomic E-state index is 0.298. The Balaban J connectivity index is 2.25. The molecule has 0 saturated heterocycles. The van der Waals surface area contributed by atoms with Crippen LogP contribution in [0.5, 0.6) is 0 Å². The summed E-state index contributed by atoms with van der Waals surface area (Å²) in [6, 6.07) is 4.44. The highest BCUT2D eigenvalue weighted by Gasteiger charge is 2.12. The molecule has 5 nitrogen and oxygen atoms in total. The van der Waals surface area contributed by atoms with Crippen molar-refractivity contribution in [1.82, 2.24) is 20.2 Å². The molecule has 1 aromatic carbocycles. The highest BCUT2D eigenvalue weighted by molar-refractivity contribution is 9.10. The second-order valence-electron chi connectivity index (χ2n) is 3.85. The van der Waals surface area contributed by atoms with Crippen LogP contribution in [0.15, 0.2) is 22.7 Å².